The van der Waals surface area contributed by atoms with Crippen LogP contribution in [-0.4, -0.2) is 12.6 Å². The number of halogens is 1. The summed E-state index contributed by atoms with van der Waals surface area (Å²) in [7, 11) is 0. The van der Waals surface area contributed by atoms with Crippen LogP contribution in [0.15, 0.2) is 53.0 Å². The number of hydrogen-bond acceptors (Lipinski definition) is 2. The van der Waals surface area contributed by atoms with E-state index in [4.69, 9.17) is 4.74 Å². The number of hydrogen-bond donors (Lipinski definition) is 0. The minimum atomic E-state index is -0.271. The average Bonchev–Trinajstić information content (AvgIpc) is 2.48. The first-order valence-electron chi connectivity index (χ1n) is 6.50. The van der Waals surface area contributed by atoms with Gasteiger partial charge in [-0.1, -0.05) is 48.5 Å². The molecule has 3 rings (SSSR count). The van der Waals surface area contributed by atoms with E-state index in [1.807, 2.05) is 55.5 Å². The molecule has 0 heterocycles. The predicted molar refractivity (Wildman–Crippen MR) is 85.1 cm³/mol. The normalized spacial score (nSPS) is 10.9. The van der Waals surface area contributed by atoms with Crippen LogP contribution in [0.2, 0.25) is 0 Å². The maximum absolute atomic E-state index is 12.3. The summed E-state index contributed by atoms with van der Waals surface area (Å²) in [5.41, 5.74) is 0.640. The minimum absolute atomic E-state index is 0.271. The highest BCUT2D eigenvalue weighted by molar-refractivity contribution is 9.10. The lowest BCUT2D eigenvalue weighted by Gasteiger charge is -2.12. The van der Waals surface area contributed by atoms with Crippen LogP contribution in [0.1, 0.15) is 17.3 Å². The van der Waals surface area contributed by atoms with Crippen molar-refractivity contribution in [3.8, 4) is 0 Å². The second-order valence-electron chi connectivity index (χ2n) is 4.50. The molecule has 2 nitrogen and oxygen atoms in total. The Morgan fingerprint density at radius 1 is 0.950 bits per heavy atom. The van der Waals surface area contributed by atoms with Gasteiger partial charge in [-0.2, -0.15) is 0 Å². The van der Waals surface area contributed by atoms with Crippen LogP contribution < -0.4 is 0 Å². The maximum atomic E-state index is 12.3. The number of carbonyl (C=O) groups is 1. The number of esters is 1. The third-order valence-electron chi connectivity index (χ3n) is 3.35. The van der Waals surface area contributed by atoms with Gasteiger partial charge < -0.3 is 4.74 Å². The van der Waals surface area contributed by atoms with Gasteiger partial charge in [-0.15, -0.1) is 0 Å². The Balaban J connectivity index is 2.49. The molecule has 0 unspecified atom stereocenters. The zero-order valence-electron chi connectivity index (χ0n) is 11.0. The molecule has 3 aromatic rings. The molecule has 0 aliphatic heterocycles. The van der Waals surface area contributed by atoms with Gasteiger partial charge in [0.2, 0.25) is 0 Å². The van der Waals surface area contributed by atoms with E-state index < -0.39 is 0 Å². The van der Waals surface area contributed by atoms with Crippen molar-refractivity contribution in [1.82, 2.24) is 0 Å². The van der Waals surface area contributed by atoms with Crippen molar-refractivity contribution in [2.45, 2.75) is 6.92 Å². The van der Waals surface area contributed by atoms with Crippen LogP contribution in [0.5, 0.6) is 0 Å². The third-order valence-corrected chi connectivity index (χ3v) is 4.20. The van der Waals surface area contributed by atoms with Crippen LogP contribution >= 0.6 is 15.9 Å². The quantitative estimate of drug-likeness (QED) is 0.492. The summed E-state index contributed by atoms with van der Waals surface area (Å²) in [4.78, 5) is 12.3. The topological polar surface area (TPSA) is 26.3 Å². The Bertz CT molecular complexity index is 752. The van der Waals surface area contributed by atoms with Gasteiger partial charge in [0, 0.05) is 4.47 Å². The maximum Gasteiger partial charge on any atom is 0.339 e. The van der Waals surface area contributed by atoms with Gasteiger partial charge in [0.1, 0.15) is 0 Å². The summed E-state index contributed by atoms with van der Waals surface area (Å²) in [5.74, 6) is -0.271. The van der Waals surface area contributed by atoms with Gasteiger partial charge in [-0.25, -0.2) is 4.79 Å². The molecule has 0 radical (unpaired) electrons. The summed E-state index contributed by atoms with van der Waals surface area (Å²) in [5, 5.41) is 3.87. The van der Waals surface area contributed by atoms with Crippen molar-refractivity contribution < 1.29 is 9.53 Å². The van der Waals surface area contributed by atoms with Crippen molar-refractivity contribution >= 4 is 43.4 Å². The van der Waals surface area contributed by atoms with Gasteiger partial charge in [0.05, 0.1) is 12.2 Å². The molecule has 0 saturated carbocycles. The summed E-state index contributed by atoms with van der Waals surface area (Å²) >= 11 is 3.65. The van der Waals surface area contributed by atoms with Gasteiger partial charge in [0.25, 0.3) is 0 Å². The highest BCUT2D eigenvalue weighted by Crippen LogP contribution is 2.36. The molecule has 0 atom stereocenters. The first kappa shape index (κ1) is 13.1. The van der Waals surface area contributed by atoms with Crippen LogP contribution in [0.25, 0.3) is 21.5 Å². The second-order valence-corrected chi connectivity index (χ2v) is 5.29. The number of rotatable bonds is 2. The van der Waals surface area contributed by atoms with Crippen LogP contribution in [-0.2, 0) is 4.74 Å². The second kappa shape index (κ2) is 5.25. The molecule has 0 N–H and O–H groups in total. The smallest absolute Gasteiger partial charge is 0.339 e. The van der Waals surface area contributed by atoms with Crippen LogP contribution in [0.4, 0.5) is 0 Å². The molecule has 0 amide bonds. The largest absolute Gasteiger partial charge is 0.462 e. The first-order chi connectivity index (χ1) is 9.74. The fourth-order valence-corrected chi connectivity index (χ4v) is 3.19. The molecule has 3 heteroatoms. The molecule has 0 aliphatic carbocycles. The summed E-state index contributed by atoms with van der Waals surface area (Å²) in [6.07, 6.45) is 0. The van der Waals surface area contributed by atoms with Crippen molar-refractivity contribution in [3.63, 3.8) is 0 Å². The molecule has 100 valence electrons. The SMILES string of the molecule is CCOC(=O)c1c2ccccc2c(Br)c2ccccc12. The van der Waals surface area contributed by atoms with E-state index in [2.05, 4.69) is 15.9 Å². The lowest BCUT2D eigenvalue weighted by molar-refractivity contribution is 0.0531. The predicted octanol–water partition coefficient (Wildman–Crippen LogP) is 4.93. The fourth-order valence-electron chi connectivity index (χ4n) is 2.50. The average molecular weight is 329 g/mol. The van der Waals surface area contributed by atoms with E-state index in [0.29, 0.717) is 12.2 Å². The monoisotopic (exact) mass is 328 g/mol. The van der Waals surface area contributed by atoms with Crippen molar-refractivity contribution in [2.24, 2.45) is 0 Å². The van der Waals surface area contributed by atoms with E-state index in [1.165, 1.54) is 0 Å². The highest BCUT2D eigenvalue weighted by Gasteiger charge is 2.18. The molecule has 0 bridgehead atoms. The molecule has 0 spiro atoms. The van der Waals surface area contributed by atoms with Crippen molar-refractivity contribution in [3.05, 3.63) is 58.6 Å². The minimum Gasteiger partial charge on any atom is -0.462 e. The Hall–Kier alpha value is -1.87. The molecule has 3 aromatic carbocycles. The van der Waals surface area contributed by atoms with Gasteiger partial charge in [-0.3, -0.25) is 0 Å². The summed E-state index contributed by atoms with van der Waals surface area (Å²) in [6, 6.07) is 15.7. The fraction of sp³-hybridized carbons (Fsp3) is 0.118. The Labute approximate surface area is 125 Å². The van der Waals surface area contributed by atoms with Crippen LogP contribution in [0.3, 0.4) is 0 Å². The number of ether oxygens (including phenoxy) is 1. The van der Waals surface area contributed by atoms with Crippen molar-refractivity contribution in [1.29, 1.82) is 0 Å². The van der Waals surface area contributed by atoms with E-state index in [0.717, 1.165) is 26.0 Å². The molecule has 0 saturated heterocycles. The molecule has 0 aliphatic rings. The number of fused-ring (bicyclic) bond motifs is 2. The molecule has 0 aromatic heterocycles. The van der Waals surface area contributed by atoms with Gasteiger partial charge in [0.15, 0.2) is 0 Å². The van der Waals surface area contributed by atoms with Gasteiger partial charge in [-0.05, 0) is 44.4 Å². The van der Waals surface area contributed by atoms with E-state index >= 15 is 0 Å². The van der Waals surface area contributed by atoms with E-state index in [-0.39, 0.29) is 5.97 Å². The summed E-state index contributed by atoms with van der Waals surface area (Å²) in [6.45, 7) is 2.19. The standard InChI is InChI=1S/C17H13BrO2/c1-2-20-17(19)15-11-7-3-5-9-13(11)16(18)14-10-6-4-8-12(14)15/h3-10H,2H2,1H3. The Kier molecular flexibility index (Phi) is 3.45. The van der Waals surface area contributed by atoms with E-state index in [1.54, 1.807) is 0 Å². The first-order valence-corrected chi connectivity index (χ1v) is 7.29. The van der Waals surface area contributed by atoms with Crippen LogP contribution in [0, 0.1) is 0 Å². The Morgan fingerprint density at radius 3 is 1.85 bits per heavy atom. The number of carbonyl (C=O) groups excluding carboxylic acids is 1. The summed E-state index contributed by atoms with van der Waals surface area (Å²) < 4.78 is 6.24. The number of benzene rings is 3. The third kappa shape index (κ3) is 1.98. The highest BCUT2D eigenvalue weighted by atomic mass is 79.9. The Morgan fingerprint density at radius 2 is 1.40 bits per heavy atom. The van der Waals surface area contributed by atoms with E-state index in [9.17, 15) is 4.79 Å². The van der Waals surface area contributed by atoms with Gasteiger partial charge >= 0.3 is 5.97 Å². The lowest BCUT2D eigenvalue weighted by atomic mass is 9.97. The molecular weight excluding hydrogens is 316 g/mol. The molecule has 20 heavy (non-hydrogen) atoms. The zero-order valence-corrected chi connectivity index (χ0v) is 12.6. The van der Waals surface area contributed by atoms with Crippen molar-refractivity contribution in [2.75, 3.05) is 6.61 Å². The zero-order chi connectivity index (χ0) is 14.1. The lowest BCUT2D eigenvalue weighted by Crippen LogP contribution is -2.06. The molecule has 0 fully saturated rings. The molecular formula is C17H13BrO2.